The molecular formula is C16H19ClF2N4O. The number of amides is 1. The summed E-state index contributed by atoms with van der Waals surface area (Å²) < 4.78 is 29.0. The van der Waals surface area contributed by atoms with Crippen molar-refractivity contribution in [3.05, 3.63) is 53.6 Å². The summed E-state index contributed by atoms with van der Waals surface area (Å²) in [5.41, 5.74) is 0.0760. The Kier molecular flexibility index (Phi) is 5.90. The summed E-state index contributed by atoms with van der Waals surface area (Å²) in [5.74, 6) is -1.35. The van der Waals surface area contributed by atoms with E-state index in [0.29, 0.717) is 19.6 Å². The summed E-state index contributed by atoms with van der Waals surface area (Å²) >= 11 is 0. The molecule has 1 N–H and O–H groups in total. The van der Waals surface area contributed by atoms with Gasteiger partial charge in [0.15, 0.2) is 11.6 Å². The Morgan fingerprint density at radius 1 is 1.42 bits per heavy atom. The van der Waals surface area contributed by atoms with Crippen molar-refractivity contribution in [1.82, 2.24) is 19.8 Å². The molecule has 0 saturated carbocycles. The molecule has 0 radical (unpaired) electrons. The molecule has 0 bridgehead atoms. The van der Waals surface area contributed by atoms with Gasteiger partial charge >= 0.3 is 0 Å². The van der Waals surface area contributed by atoms with Gasteiger partial charge < -0.3 is 14.8 Å². The molecule has 1 aliphatic heterocycles. The van der Waals surface area contributed by atoms with Gasteiger partial charge in [0.05, 0.1) is 6.42 Å². The zero-order chi connectivity index (χ0) is 16.4. The highest BCUT2D eigenvalue weighted by atomic mass is 35.5. The van der Waals surface area contributed by atoms with Crippen molar-refractivity contribution in [2.45, 2.75) is 12.5 Å². The minimum atomic E-state index is -0.954. The predicted octanol–water partition coefficient (Wildman–Crippen LogP) is 1.84. The topological polar surface area (TPSA) is 50.2 Å². The maximum Gasteiger partial charge on any atom is 0.227 e. The summed E-state index contributed by atoms with van der Waals surface area (Å²) in [5, 5.41) is 3.24. The van der Waals surface area contributed by atoms with Crippen LogP contribution in [-0.2, 0) is 18.3 Å². The summed E-state index contributed by atoms with van der Waals surface area (Å²) in [6, 6.07) is 3.68. The minimum absolute atomic E-state index is 0. The lowest BCUT2D eigenvalue weighted by Crippen LogP contribution is -2.50. The highest BCUT2D eigenvalue weighted by Gasteiger charge is 2.30. The van der Waals surface area contributed by atoms with E-state index < -0.39 is 11.6 Å². The van der Waals surface area contributed by atoms with Crippen molar-refractivity contribution in [3.63, 3.8) is 0 Å². The number of hydrogen-bond acceptors (Lipinski definition) is 3. The third kappa shape index (κ3) is 3.57. The van der Waals surface area contributed by atoms with Crippen LogP contribution >= 0.6 is 12.4 Å². The third-order valence-electron chi connectivity index (χ3n) is 4.09. The van der Waals surface area contributed by atoms with Crippen LogP contribution in [0.25, 0.3) is 0 Å². The van der Waals surface area contributed by atoms with Crippen molar-refractivity contribution >= 4 is 18.3 Å². The molecule has 1 amide bonds. The number of benzene rings is 1. The van der Waals surface area contributed by atoms with Gasteiger partial charge in [-0.05, 0) is 6.07 Å². The zero-order valence-corrected chi connectivity index (χ0v) is 14.0. The Hall–Kier alpha value is -1.99. The number of carbonyl (C=O) groups is 1. The Labute approximate surface area is 145 Å². The van der Waals surface area contributed by atoms with Crippen molar-refractivity contribution in [1.29, 1.82) is 0 Å². The fourth-order valence-electron chi connectivity index (χ4n) is 2.88. The summed E-state index contributed by atoms with van der Waals surface area (Å²) in [7, 11) is 1.87. The highest BCUT2D eigenvalue weighted by Crippen LogP contribution is 2.22. The fourth-order valence-corrected chi connectivity index (χ4v) is 2.88. The van der Waals surface area contributed by atoms with Crippen LogP contribution in [-0.4, -0.2) is 40.0 Å². The zero-order valence-electron chi connectivity index (χ0n) is 13.2. The number of aryl methyl sites for hydroxylation is 1. The quantitative estimate of drug-likeness (QED) is 0.913. The first-order valence-corrected chi connectivity index (χ1v) is 7.48. The van der Waals surface area contributed by atoms with Crippen LogP contribution in [0.5, 0.6) is 0 Å². The van der Waals surface area contributed by atoms with Gasteiger partial charge in [-0.25, -0.2) is 13.8 Å². The lowest BCUT2D eigenvalue weighted by atomic mass is 10.1. The molecule has 1 aromatic heterocycles. The molecule has 0 spiro atoms. The molecule has 2 heterocycles. The number of piperazine rings is 1. The van der Waals surface area contributed by atoms with E-state index in [4.69, 9.17) is 0 Å². The summed E-state index contributed by atoms with van der Waals surface area (Å²) in [4.78, 5) is 18.6. The van der Waals surface area contributed by atoms with E-state index in [1.54, 1.807) is 11.1 Å². The molecule has 1 fully saturated rings. The first-order chi connectivity index (χ1) is 11.1. The molecule has 5 nitrogen and oxygen atoms in total. The lowest BCUT2D eigenvalue weighted by molar-refractivity contribution is -0.134. The van der Waals surface area contributed by atoms with Crippen LogP contribution < -0.4 is 5.32 Å². The Morgan fingerprint density at radius 3 is 2.92 bits per heavy atom. The second-order valence-corrected chi connectivity index (χ2v) is 5.59. The molecule has 1 atom stereocenters. The standard InChI is InChI=1S/C16H18F2N4O.ClH/c1-21-7-6-20-16(21)13-10-19-5-8-22(13)14(23)9-11-3-2-4-12(17)15(11)18;/h2-4,6-7,13,19H,5,8-10H2,1H3;1H. The van der Waals surface area contributed by atoms with E-state index >= 15 is 0 Å². The largest absolute Gasteiger partial charge is 0.336 e. The van der Waals surface area contributed by atoms with Crippen molar-refractivity contribution in [3.8, 4) is 0 Å². The minimum Gasteiger partial charge on any atom is -0.336 e. The first kappa shape index (κ1) is 18.4. The van der Waals surface area contributed by atoms with Gasteiger partial charge in [0.25, 0.3) is 0 Å². The van der Waals surface area contributed by atoms with Crippen molar-refractivity contribution in [2.24, 2.45) is 7.05 Å². The smallest absolute Gasteiger partial charge is 0.227 e. The second kappa shape index (κ2) is 7.72. The number of aromatic nitrogens is 2. The maximum absolute atomic E-state index is 13.8. The monoisotopic (exact) mass is 356 g/mol. The van der Waals surface area contributed by atoms with E-state index in [1.165, 1.54) is 12.1 Å². The van der Waals surface area contributed by atoms with Crippen LogP contribution in [0.3, 0.4) is 0 Å². The van der Waals surface area contributed by atoms with Gasteiger partial charge in [-0.2, -0.15) is 0 Å². The fraction of sp³-hybridized carbons (Fsp3) is 0.375. The number of carbonyl (C=O) groups excluding carboxylic acids is 1. The molecule has 3 rings (SSSR count). The highest BCUT2D eigenvalue weighted by molar-refractivity contribution is 5.85. The van der Waals surface area contributed by atoms with Crippen LogP contribution in [0.4, 0.5) is 8.78 Å². The van der Waals surface area contributed by atoms with E-state index in [0.717, 1.165) is 11.9 Å². The van der Waals surface area contributed by atoms with E-state index in [2.05, 4.69) is 10.3 Å². The molecule has 1 aliphatic rings. The average Bonchev–Trinajstić information content (AvgIpc) is 2.98. The van der Waals surface area contributed by atoms with Gasteiger partial charge in [-0.1, -0.05) is 12.1 Å². The van der Waals surface area contributed by atoms with Gasteiger partial charge in [0, 0.05) is 44.6 Å². The first-order valence-electron chi connectivity index (χ1n) is 7.48. The normalized spacial score (nSPS) is 17.5. The SMILES string of the molecule is Cl.Cn1ccnc1C1CNCCN1C(=O)Cc1cccc(F)c1F. The summed E-state index contributed by atoms with van der Waals surface area (Å²) in [6.45, 7) is 1.76. The van der Waals surface area contributed by atoms with Crippen molar-refractivity contribution < 1.29 is 13.6 Å². The molecular weight excluding hydrogens is 338 g/mol. The molecule has 8 heteroatoms. The number of halogens is 3. The van der Waals surface area contributed by atoms with Crippen LogP contribution in [0.2, 0.25) is 0 Å². The van der Waals surface area contributed by atoms with Crippen LogP contribution in [0.1, 0.15) is 17.4 Å². The van der Waals surface area contributed by atoms with E-state index in [1.807, 2.05) is 17.8 Å². The van der Waals surface area contributed by atoms with E-state index in [9.17, 15) is 13.6 Å². The molecule has 130 valence electrons. The van der Waals surface area contributed by atoms with Gasteiger partial charge in [0.1, 0.15) is 11.9 Å². The second-order valence-electron chi connectivity index (χ2n) is 5.59. The molecule has 2 aromatic rings. The number of nitrogens with one attached hydrogen (secondary N) is 1. The number of imidazole rings is 1. The number of nitrogens with zero attached hydrogens (tertiary/aromatic N) is 3. The molecule has 1 aromatic carbocycles. The van der Waals surface area contributed by atoms with Crippen LogP contribution in [0, 0.1) is 11.6 Å². The Bertz CT molecular complexity index is 722. The lowest BCUT2D eigenvalue weighted by Gasteiger charge is -2.35. The van der Waals surface area contributed by atoms with Crippen molar-refractivity contribution in [2.75, 3.05) is 19.6 Å². The molecule has 1 unspecified atom stereocenters. The maximum atomic E-state index is 13.8. The molecule has 1 saturated heterocycles. The summed E-state index contributed by atoms with van der Waals surface area (Å²) in [6.07, 6.45) is 3.34. The van der Waals surface area contributed by atoms with Crippen LogP contribution in [0.15, 0.2) is 30.6 Å². The average molecular weight is 357 g/mol. The third-order valence-corrected chi connectivity index (χ3v) is 4.09. The van der Waals surface area contributed by atoms with Gasteiger partial charge in [0.2, 0.25) is 5.91 Å². The predicted molar refractivity (Wildman–Crippen MR) is 87.8 cm³/mol. The Morgan fingerprint density at radius 2 is 2.21 bits per heavy atom. The molecule has 24 heavy (non-hydrogen) atoms. The number of hydrogen-bond donors (Lipinski definition) is 1. The van der Waals surface area contributed by atoms with Gasteiger partial charge in [-0.3, -0.25) is 4.79 Å². The Balaban J connectivity index is 0.00000208. The number of rotatable bonds is 3. The molecule has 0 aliphatic carbocycles. The van der Waals surface area contributed by atoms with E-state index in [-0.39, 0.29) is 36.3 Å². The van der Waals surface area contributed by atoms with Gasteiger partial charge in [-0.15, -0.1) is 12.4 Å².